The SMILES string of the molecule is CCCCCC(C)NCCCO.O=[N+]([O-])c1cc([N+](=O)[O-])c(O)c([N+](=O)[O-])c1. The van der Waals surface area contributed by atoms with Gasteiger partial charge in [-0.05, 0) is 26.3 Å². The van der Waals surface area contributed by atoms with Crippen LogP contribution in [0.2, 0.25) is 0 Å². The first-order valence-corrected chi connectivity index (χ1v) is 8.80. The van der Waals surface area contributed by atoms with E-state index in [1.54, 1.807) is 0 Å². The van der Waals surface area contributed by atoms with E-state index in [2.05, 4.69) is 19.2 Å². The molecule has 0 fully saturated rings. The second kappa shape index (κ2) is 13.3. The quantitative estimate of drug-likeness (QED) is 0.284. The van der Waals surface area contributed by atoms with Gasteiger partial charge in [0.15, 0.2) is 0 Å². The molecule has 12 heteroatoms. The Hall–Kier alpha value is -2.86. The normalized spacial score (nSPS) is 11.2. The van der Waals surface area contributed by atoms with Gasteiger partial charge in [0, 0.05) is 12.6 Å². The molecule has 0 radical (unpaired) electrons. The minimum atomic E-state index is -1.21. The number of nitro benzene ring substituents is 3. The molecule has 28 heavy (non-hydrogen) atoms. The van der Waals surface area contributed by atoms with Crippen molar-refractivity contribution in [2.45, 2.75) is 52.0 Å². The number of hydrogen-bond donors (Lipinski definition) is 3. The molecule has 1 aromatic carbocycles. The maximum atomic E-state index is 10.4. The fraction of sp³-hybridized carbons (Fsp3) is 0.625. The number of nitrogens with one attached hydrogen (secondary N) is 1. The summed E-state index contributed by atoms with van der Waals surface area (Å²) in [5.41, 5.74) is -3.00. The molecule has 0 aliphatic carbocycles. The minimum absolute atomic E-state index is 0.300. The third-order valence-corrected chi connectivity index (χ3v) is 3.73. The highest BCUT2D eigenvalue weighted by atomic mass is 16.6. The van der Waals surface area contributed by atoms with E-state index in [4.69, 9.17) is 10.2 Å². The lowest BCUT2D eigenvalue weighted by molar-refractivity contribution is -0.404. The lowest BCUT2D eigenvalue weighted by Gasteiger charge is -2.12. The van der Waals surface area contributed by atoms with Gasteiger partial charge in [-0.15, -0.1) is 0 Å². The van der Waals surface area contributed by atoms with Crippen LogP contribution in [-0.2, 0) is 0 Å². The van der Waals surface area contributed by atoms with Crippen molar-refractivity contribution in [3.8, 4) is 5.75 Å². The number of non-ortho nitro benzene ring substituents is 1. The van der Waals surface area contributed by atoms with Gasteiger partial charge in [0.1, 0.15) is 0 Å². The number of aliphatic hydroxyl groups is 1. The van der Waals surface area contributed by atoms with Crippen LogP contribution in [0.15, 0.2) is 12.1 Å². The highest BCUT2D eigenvalue weighted by Gasteiger charge is 2.30. The first-order chi connectivity index (χ1) is 13.1. The van der Waals surface area contributed by atoms with Gasteiger partial charge in [0.2, 0.25) is 0 Å². The molecule has 1 unspecified atom stereocenters. The van der Waals surface area contributed by atoms with Crippen molar-refractivity contribution in [3.05, 3.63) is 42.5 Å². The van der Waals surface area contributed by atoms with Gasteiger partial charge in [-0.2, -0.15) is 0 Å². The first-order valence-electron chi connectivity index (χ1n) is 8.80. The number of hydrogen-bond acceptors (Lipinski definition) is 9. The zero-order valence-electron chi connectivity index (χ0n) is 15.9. The van der Waals surface area contributed by atoms with Crippen LogP contribution in [-0.4, -0.2) is 44.2 Å². The summed E-state index contributed by atoms with van der Waals surface area (Å²) < 4.78 is 0. The summed E-state index contributed by atoms with van der Waals surface area (Å²) in [6, 6.07) is 1.51. The fourth-order valence-corrected chi connectivity index (χ4v) is 2.20. The van der Waals surface area contributed by atoms with Crippen LogP contribution in [0.25, 0.3) is 0 Å². The van der Waals surface area contributed by atoms with E-state index in [0.29, 0.717) is 24.8 Å². The van der Waals surface area contributed by atoms with Crippen LogP contribution in [0.5, 0.6) is 5.75 Å². The Morgan fingerprint density at radius 3 is 1.93 bits per heavy atom. The Morgan fingerprint density at radius 1 is 1.00 bits per heavy atom. The molecule has 1 rings (SSSR count). The second-order valence-corrected chi connectivity index (χ2v) is 6.03. The third-order valence-electron chi connectivity index (χ3n) is 3.73. The number of phenols is 1. The average Bonchev–Trinajstić information content (AvgIpc) is 2.62. The minimum Gasteiger partial charge on any atom is -0.497 e. The van der Waals surface area contributed by atoms with Gasteiger partial charge in [-0.25, -0.2) is 0 Å². The highest BCUT2D eigenvalue weighted by molar-refractivity contribution is 5.64. The van der Waals surface area contributed by atoms with Crippen molar-refractivity contribution in [1.82, 2.24) is 5.32 Å². The smallest absolute Gasteiger partial charge is 0.324 e. The molecule has 3 N–H and O–H groups in total. The maximum absolute atomic E-state index is 10.4. The number of unbranched alkanes of at least 4 members (excludes halogenated alkanes) is 2. The predicted octanol–water partition coefficient (Wildman–Crippen LogP) is 3.04. The number of rotatable bonds is 11. The lowest BCUT2D eigenvalue weighted by atomic mass is 10.1. The Kier molecular flexibility index (Phi) is 12.0. The molecule has 0 amide bonds. The van der Waals surface area contributed by atoms with Crippen LogP contribution >= 0.6 is 0 Å². The largest absolute Gasteiger partial charge is 0.497 e. The predicted molar refractivity (Wildman–Crippen MR) is 101 cm³/mol. The van der Waals surface area contributed by atoms with Gasteiger partial charge in [-0.1, -0.05) is 26.2 Å². The lowest BCUT2D eigenvalue weighted by Crippen LogP contribution is -2.27. The number of aliphatic hydroxyl groups excluding tert-OH is 1. The first kappa shape index (κ1) is 25.1. The van der Waals surface area contributed by atoms with Crippen LogP contribution in [0, 0.1) is 30.3 Å². The summed E-state index contributed by atoms with van der Waals surface area (Å²) in [7, 11) is 0. The molecule has 158 valence electrons. The Balaban J connectivity index is 0.000000546. The van der Waals surface area contributed by atoms with Crippen LogP contribution in [0.4, 0.5) is 17.1 Å². The zero-order chi connectivity index (χ0) is 21.7. The summed E-state index contributed by atoms with van der Waals surface area (Å²) in [4.78, 5) is 27.8. The molecule has 1 aromatic rings. The van der Waals surface area contributed by atoms with Crippen molar-refractivity contribution in [3.63, 3.8) is 0 Å². The van der Waals surface area contributed by atoms with Gasteiger partial charge < -0.3 is 15.5 Å². The molecule has 0 saturated heterocycles. The summed E-state index contributed by atoms with van der Waals surface area (Å²) in [5, 5.41) is 52.1. The zero-order valence-corrected chi connectivity index (χ0v) is 15.9. The Labute approximate surface area is 161 Å². The second-order valence-electron chi connectivity index (χ2n) is 6.03. The van der Waals surface area contributed by atoms with E-state index in [-0.39, 0.29) is 0 Å². The van der Waals surface area contributed by atoms with Gasteiger partial charge in [-0.3, -0.25) is 30.3 Å². The molecule has 0 saturated carbocycles. The molecule has 0 spiro atoms. The van der Waals surface area contributed by atoms with Gasteiger partial charge in [0.25, 0.3) is 11.4 Å². The van der Waals surface area contributed by atoms with E-state index in [1.807, 2.05) is 0 Å². The summed E-state index contributed by atoms with van der Waals surface area (Å²) in [6.45, 7) is 5.69. The number of aromatic hydroxyl groups is 1. The third kappa shape index (κ3) is 9.19. The number of benzene rings is 1. The van der Waals surface area contributed by atoms with E-state index >= 15 is 0 Å². The summed E-state index contributed by atoms with van der Waals surface area (Å²) in [6.07, 6.45) is 6.09. The van der Waals surface area contributed by atoms with Crippen LogP contribution in [0.3, 0.4) is 0 Å². The molecular formula is C16H26N4O8. The average molecular weight is 402 g/mol. The van der Waals surface area contributed by atoms with Crippen molar-refractivity contribution in [2.24, 2.45) is 0 Å². The van der Waals surface area contributed by atoms with Crippen molar-refractivity contribution < 1.29 is 25.0 Å². The molecule has 12 nitrogen and oxygen atoms in total. The highest BCUT2D eigenvalue weighted by Crippen LogP contribution is 2.38. The molecule has 0 aliphatic rings. The number of nitrogens with zero attached hydrogens (tertiary/aromatic N) is 3. The molecular weight excluding hydrogens is 376 g/mol. The summed E-state index contributed by atoms with van der Waals surface area (Å²) >= 11 is 0. The fourth-order valence-electron chi connectivity index (χ4n) is 2.20. The van der Waals surface area contributed by atoms with Crippen molar-refractivity contribution in [2.75, 3.05) is 13.2 Å². The van der Waals surface area contributed by atoms with E-state index in [9.17, 15) is 30.3 Å². The number of nitro groups is 3. The number of phenolic OH excluding ortho intramolecular Hbond substituents is 1. The van der Waals surface area contributed by atoms with E-state index < -0.39 is 37.6 Å². The standard InChI is InChI=1S/C10H23NO.C6H3N3O7/c1-3-4-5-7-10(2)11-8-6-9-12;10-6-4(8(13)14)1-3(7(11)12)2-5(6)9(15)16/h10-12H,3-9H2,1-2H3;1-2,10H. The van der Waals surface area contributed by atoms with Crippen molar-refractivity contribution >= 4 is 17.1 Å². The molecule has 0 aliphatic heterocycles. The Morgan fingerprint density at radius 2 is 1.54 bits per heavy atom. The summed E-state index contributed by atoms with van der Waals surface area (Å²) in [5.74, 6) is -1.21. The molecule has 1 atom stereocenters. The molecule has 0 aromatic heterocycles. The van der Waals surface area contributed by atoms with Crippen molar-refractivity contribution in [1.29, 1.82) is 0 Å². The topological polar surface area (TPSA) is 182 Å². The van der Waals surface area contributed by atoms with Gasteiger partial charge in [0.05, 0.1) is 26.9 Å². The molecule has 0 bridgehead atoms. The van der Waals surface area contributed by atoms with Gasteiger partial charge >= 0.3 is 11.4 Å². The van der Waals surface area contributed by atoms with Crippen LogP contribution < -0.4 is 5.32 Å². The Bertz CT molecular complexity index is 623. The molecule has 0 heterocycles. The van der Waals surface area contributed by atoms with E-state index in [1.165, 1.54) is 25.7 Å². The maximum Gasteiger partial charge on any atom is 0.324 e. The van der Waals surface area contributed by atoms with E-state index in [0.717, 1.165) is 13.0 Å². The monoisotopic (exact) mass is 402 g/mol. The van der Waals surface area contributed by atoms with Crippen LogP contribution in [0.1, 0.15) is 46.0 Å².